The number of ether oxygens (including phenoxy) is 1. The van der Waals surface area contributed by atoms with Gasteiger partial charge in [-0.2, -0.15) is 0 Å². The van der Waals surface area contributed by atoms with Crippen molar-refractivity contribution in [2.45, 2.75) is 45.8 Å². The molecule has 0 bridgehead atoms. The minimum absolute atomic E-state index is 0.336. The Labute approximate surface area is 69.6 Å². The van der Waals surface area contributed by atoms with E-state index >= 15 is 0 Å². The van der Waals surface area contributed by atoms with Gasteiger partial charge in [0, 0.05) is 7.11 Å². The maximum Gasteiger partial charge on any atom is 0.0930 e. The van der Waals surface area contributed by atoms with E-state index in [1.807, 2.05) is 13.8 Å². The molecule has 0 aromatic rings. The molecule has 0 aliphatic heterocycles. The largest absolute Gasteiger partial charge is 0.390 e. The van der Waals surface area contributed by atoms with Gasteiger partial charge in [0.25, 0.3) is 0 Å². The Bertz CT molecular complexity index is 112. The van der Waals surface area contributed by atoms with Gasteiger partial charge in [0.1, 0.15) is 0 Å². The highest BCUT2D eigenvalue weighted by molar-refractivity contribution is 4.85. The minimum atomic E-state index is -0.394. The summed E-state index contributed by atoms with van der Waals surface area (Å²) < 4.78 is 5.30. The third-order valence-electron chi connectivity index (χ3n) is 2.63. The molecule has 0 radical (unpaired) electrons. The Morgan fingerprint density at radius 3 is 2.00 bits per heavy atom. The summed E-state index contributed by atoms with van der Waals surface area (Å²) in [7, 11) is 1.65. The van der Waals surface area contributed by atoms with E-state index in [4.69, 9.17) is 4.74 Å². The zero-order valence-corrected chi connectivity index (χ0v) is 8.22. The molecular weight excluding hydrogens is 140 g/mol. The molecule has 2 nitrogen and oxygen atoms in total. The van der Waals surface area contributed by atoms with E-state index < -0.39 is 5.60 Å². The van der Waals surface area contributed by atoms with Crippen LogP contribution in [0.1, 0.15) is 34.1 Å². The topological polar surface area (TPSA) is 29.5 Å². The molecule has 0 aliphatic rings. The van der Waals surface area contributed by atoms with Crippen LogP contribution in [0, 0.1) is 5.92 Å². The molecule has 0 aromatic heterocycles. The van der Waals surface area contributed by atoms with E-state index in [1.54, 1.807) is 7.11 Å². The van der Waals surface area contributed by atoms with Crippen LogP contribution in [-0.4, -0.2) is 23.9 Å². The Morgan fingerprint density at radius 2 is 1.91 bits per heavy atom. The van der Waals surface area contributed by atoms with Gasteiger partial charge in [0.15, 0.2) is 0 Å². The molecule has 0 aromatic carbocycles. The standard InChI is InChI=1S/C9H20O2/c1-6-8(10)9(4,11-5)7(2)3/h7-8,10H,6H2,1-5H3/t8-,9+/m0/s1. The van der Waals surface area contributed by atoms with Crippen LogP contribution in [0.2, 0.25) is 0 Å². The van der Waals surface area contributed by atoms with Crippen molar-refractivity contribution in [3.05, 3.63) is 0 Å². The first-order valence-electron chi connectivity index (χ1n) is 4.22. The Balaban J connectivity index is 4.32. The second kappa shape index (κ2) is 4.07. The quantitative estimate of drug-likeness (QED) is 0.679. The van der Waals surface area contributed by atoms with E-state index in [2.05, 4.69) is 13.8 Å². The van der Waals surface area contributed by atoms with Gasteiger partial charge in [0.2, 0.25) is 0 Å². The lowest BCUT2D eigenvalue weighted by Gasteiger charge is -2.36. The van der Waals surface area contributed by atoms with Crippen LogP contribution in [-0.2, 0) is 4.74 Å². The lowest BCUT2D eigenvalue weighted by molar-refractivity contribution is -0.119. The van der Waals surface area contributed by atoms with Gasteiger partial charge < -0.3 is 9.84 Å². The maximum absolute atomic E-state index is 9.62. The zero-order chi connectivity index (χ0) is 9.07. The molecule has 0 rings (SSSR count). The molecule has 2 heteroatoms. The predicted molar refractivity (Wildman–Crippen MR) is 46.5 cm³/mol. The monoisotopic (exact) mass is 160 g/mol. The van der Waals surface area contributed by atoms with Crippen molar-refractivity contribution in [1.29, 1.82) is 0 Å². The van der Waals surface area contributed by atoms with E-state index in [9.17, 15) is 5.11 Å². The number of methoxy groups -OCH3 is 1. The first kappa shape index (κ1) is 10.9. The van der Waals surface area contributed by atoms with Crippen molar-refractivity contribution in [3.63, 3.8) is 0 Å². The summed E-state index contributed by atoms with van der Waals surface area (Å²) in [6.07, 6.45) is 0.371. The third kappa shape index (κ3) is 2.17. The molecule has 0 spiro atoms. The molecule has 11 heavy (non-hydrogen) atoms. The van der Waals surface area contributed by atoms with E-state index in [0.717, 1.165) is 6.42 Å². The van der Waals surface area contributed by atoms with Crippen molar-refractivity contribution in [1.82, 2.24) is 0 Å². The maximum atomic E-state index is 9.62. The van der Waals surface area contributed by atoms with E-state index in [0.29, 0.717) is 5.92 Å². The van der Waals surface area contributed by atoms with Crippen LogP contribution >= 0.6 is 0 Å². The molecule has 0 unspecified atom stereocenters. The van der Waals surface area contributed by atoms with Crippen molar-refractivity contribution in [3.8, 4) is 0 Å². The molecule has 0 amide bonds. The molecule has 2 atom stereocenters. The number of aliphatic hydroxyl groups is 1. The second-order valence-corrected chi connectivity index (χ2v) is 3.47. The Kier molecular flexibility index (Phi) is 4.04. The van der Waals surface area contributed by atoms with Crippen molar-refractivity contribution < 1.29 is 9.84 Å². The third-order valence-corrected chi connectivity index (χ3v) is 2.63. The van der Waals surface area contributed by atoms with Gasteiger partial charge in [-0.1, -0.05) is 20.8 Å². The lowest BCUT2D eigenvalue weighted by atomic mass is 9.85. The molecule has 0 aliphatic carbocycles. The summed E-state index contributed by atoms with van der Waals surface area (Å²) in [6, 6.07) is 0. The summed E-state index contributed by atoms with van der Waals surface area (Å²) in [6.45, 7) is 8.03. The number of hydrogen-bond acceptors (Lipinski definition) is 2. The molecule has 1 N–H and O–H groups in total. The number of hydrogen-bond donors (Lipinski definition) is 1. The summed E-state index contributed by atoms with van der Waals surface area (Å²) >= 11 is 0. The molecule has 0 fully saturated rings. The summed E-state index contributed by atoms with van der Waals surface area (Å²) in [5, 5.41) is 9.62. The van der Waals surface area contributed by atoms with Crippen LogP contribution in [0.4, 0.5) is 0 Å². The molecule has 0 saturated carbocycles. The van der Waals surface area contributed by atoms with Crippen molar-refractivity contribution in [2.24, 2.45) is 5.92 Å². The van der Waals surface area contributed by atoms with Gasteiger partial charge in [0.05, 0.1) is 11.7 Å². The average molecular weight is 160 g/mol. The predicted octanol–water partition coefficient (Wildman–Crippen LogP) is 1.82. The van der Waals surface area contributed by atoms with Crippen molar-refractivity contribution >= 4 is 0 Å². The molecule has 0 saturated heterocycles. The molecule has 0 heterocycles. The minimum Gasteiger partial charge on any atom is -0.390 e. The lowest BCUT2D eigenvalue weighted by Crippen LogP contribution is -2.45. The van der Waals surface area contributed by atoms with Crippen LogP contribution in [0.25, 0.3) is 0 Å². The SMILES string of the molecule is CC[C@H](O)[C@](C)(OC)C(C)C. The highest BCUT2D eigenvalue weighted by Crippen LogP contribution is 2.26. The first-order chi connectivity index (χ1) is 4.99. The van der Waals surface area contributed by atoms with Crippen LogP contribution in [0.3, 0.4) is 0 Å². The van der Waals surface area contributed by atoms with E-state index in [-0.39, 0.29) is 6.10 Å². The van der Waals surface area contributed by atoms with Gasteiger partial charge in [-0.15, -0.1) is 0 Å². The fraction of sp³-hybridized carbons (Fsp3) is 1.00. The highest BCUT2D eigenvalue weighted by atomic mass is 16.5. The van der Waals surface area contributed by atoms with Crippen LogP contribution < -0.4 is 0 Å². The van der Waals surface area contributed by atoms with Gasteiger partial charge in [-0.05, 0) is 19.3 Å². The first-order valence-corrected chi connectivity index (χ1v) is 4.22. The van der Waals surface area contributed by atoms with Crippen LogP contribution in [0.5, 0.6) is 0 Å². The summed E-state index contributed by atoms with van der Waals surface area (Å²) in [4.78, 5) is 0. The zero-order valence-electron chi connectivity index (χ0n) is 8.22. The molecule has 68 valence electrons. The summed E-state index contributed by atoms with van der Waals surface area (Å²) in [5.41, 5.74) is -0.394. The average Bonchev–Trinajstić information content (AvgIpc) is 2.01. The van der Waals surface area contributed by atoms with Gasteiger partial charge >= 0.3 is 0 Å². The Morgan fingerprint density at radius 1 is 1.45 bits per heavy atom. The van der Waals surface area contributed by atoms with Crippen LogP contribution in [0.15, 0.2) is 0 Å². The number of rotatable bonds is 4. The fourth-order valence-corrected chi connectivity index (χ4v) is 1.16. The molecular formula is C9H20O2. The van der Waals surface area contributed by atoms with Gasteiger partial charge in [-0.25, -0.2) is 0 Å². The highest BCUT2D eigenvalue weighted by Gasteiger charge is 2.34. The smallest absolute Gasteiger partial charge is 0.0930 e. The Hall–Kier alpha value is -0.0800. The second-order valence-electron chi connectivity index (χ2n) is 3.47. The normalized spacial score (nSPS) is 19.9. The summed E-state index contributed by atoms with van der Waals surface area (Å²) in [5.74, 6) is 0.336. The van der Waals surface area contributed by atoms with E-state index in [1.165, 1.54) is 0 Å². The fourth-order valence-electron chi connectivity index (χ4n) is 1.16. The van der Waals surface area contributed by atoms with Crippen molar-refractivity contribution in [2.75, 3.05) is 7.11 Å². The number of aliphatic hydroxyl groups excluding tert-OH is 1. The van der Waals surface area contributed by atoms with Gasteiger partial charge in [-0.3, -0.25) is 0 Å².